The number of hydrogen-bond donors (Lipinski definition) is 2. The van der Waals surface area contributed by atoms with Gasteiger partial charge in [0, 0.05) is 19.1 Å². The number of carbonyl (C=O) groups excluding carboxylic acids is 1. The molecule has 2 aliphatic carbocycles. The van der Waals surface area contributed by atoms with E-state index in [-0.39, 0.29) is 11.8 Å². The van der Waals surface area contributed by atoms with Crippen LogP contribution in [-0.2, 0) is 9.59 Å². The van der Waals surface area contributed by atoms with E-state index in [9.17, 15) is 9.59 Å². The maximum Gasteiger partial charge on any atom is 0.307 e. The Kier molecular flexibility index (Phi) is 3.27. The van der Waals surface area contributed by atoms with Crippen LogP contribution in [0.1, 0.15) is 33.1 Å². The predicted octanol–water partition coefficient (Wildman–Crippen LogP) is 0.944. The van der Waals surface area contributed by atoms with Crippen LogP contribution < -0.4 is 5.32 Å². The highest BCUT2D eigenvalue weighted by Gasteiger charge is 2.65. The van der Waals surface area contributed by atoms with E-state index < -0.39 is 17.3 Å². The third-order valence-corrected chi connectivity index (χ3v) is 5.32. The van der Waals surface area contributed by atoms with Crippen LogP contribution in [0.15, 0.2) is 0 Å². The third kappa shape index (κ3) is 2.43. The lowest BCUT2D eigenvalue weighted by Gasteiger charge is -2.15. The van der Waals surface area contributed by atoms with Gasteiger partial charge < -0.3 is 15.3 Å². The molecule has 0 radical (unpaired) electrons. The number of likely N-dealkylation sites (tertiary alicyclic amines) is 1. The maximum absolute atomic E-state index is 12.1. The summed E-state index contributed by atoms with van der Waals surface area (Å²) in [5, 5.41) is 12.1. The first-order valence-electron chi connectivity index (χ1n) is 7.66. The van der Waals surface area contributed by atoms with Crippen LogP contribution in [-0.4, -0.2) is 47.6 Å². The summed E-state index contributed by atoms with van der Waals surface area (Å²) in [5.74, 6) is -1.28. The van der Waals surface area contributed by atoms with Crippen molar-refractivity contribution in [3.8, 4) is 0 Å². The molecule has 1 aliphatic heterocycles. The number of nitrogens with one attached hydrogen (secondary N) is 1. The van der Waals surface area contributed by atoms with Gasteiger partial charge in [-0.1, -0.05) is 13.8 Å². The number of nitrogens with zero attached hydrogens (tertiary/aromatic N) is 1. The Morgan fingerprint density at radius 1 is 1.25 bits per heavy atom. The van der Waals surface area contributed by atoms with Crippen molar-refractivity contribution in [1.29, 1.82) is 0 Å². The zero-order chi connectivity index (χ0) is 14.5. The van der Waals surface area contributed by atoms with E-state index >= 15 is 0 Å². The van der Waals surface area contributed by atoms with Crippen LogP contribution in [0.4, 0.5) is 0 Å². The predicted molar refractivity (Wildman–Crippen MR) is 74.1 cm³/mol. The number of amides is 1. The Labute approximate surface area is 119 Å². The molecule has 0 aromatic carbocycles. The maximum atomic E-state index is 12.1. The van der Waals surface area contributed by atoms with Crippen LogP contribution >= 0.6 is 0 Å². The molecule has 1 amide bonds. The number of aliphatic carboxylic acids is 1. The lowest BCUT2D eigenvalue weighted by molar-refractivity contribution is -0.140. The van der Waals surface area contributed by atoms with Gasteiger partial charge in [0.25, 0.3) is 0 Å². The summed E-state index contributed by atoms with van der Waals surface area (Å²) in [4.78, 5) is 25.7. The van der Waals surface area contributed by atoms with Gasteiger partial charge in [0.05, 0.1) is 11.8 Å². The van der Waals surface area contributed by atoms with Crippen LogP contribution in [0.5, 0.6) is 0 Å². The van der Waals surface area contributed by atoms with Gasteiger partial charge in [-0.05, 0) is 37.1 Å². The molecule has 1 heterocycles. The fourth-order valence-electron chi connectivity index (χ4n) is 3.74. The number of carbonyl (C=O) groups is 2. The molecule has 3 atom stereocenters. The van der Waals surface area contributed by atoms with Gasteiger partial charge in [0.15, 0.2) is 0 Å². The lowest BCUT2D eigenvalue weighted by atomic mass is 10.1. The van der Waals surface area contributed by atoms with Crippen LogP contribution in [0.2, 0.25) is 0 Å². The van der Waals surface area contributed by atoms with Gasteiger partial charge in [-0.3, -0.25) is 9.59 Å². The normalized spacial score (nSPS) is 35.8. The fraction of sp³-hybridized carbons (Fsp3) is 0.867. The smallest absolute Gasteiger partial charge is 0.307 e. The van der Waals surface area contributed by atoms with Crippen LogP contribution in [0, 0.1) is 23.2 Å². The first kappa shape index (κ1) is 13.9. The summed E-state index contributed by atoms with van der Waals surface area (Å²) in [5.41, 5.74) is -0.397. The third-order valence-electron chi connectivity index (χ3n) is 5.32. The van der Waals surface area contributed by atoms with E-state index in [1.54, 1.807) is 0 Å². The summed E-state index contributed by atoms with van der Waals surface area (Å²) in [6.45, 7) is 6.65. The number of carboxylic acids is 1. The molecule has 0 spiro atoms. The van der Waals surface area contributed by atoms with Crippen molar-refractivity contribution < 1.29 is 14.7 Å². The van der Waals surface area contributed by atoms with E-state index in [1.165, 1.54) is 12.8 Å². The van der Waals surface area contributed by atoms with Gasteiger partial charge in [-0.25, -0.2) is 0 Å². The molecule has 0 aromatic rings. The Hall–Kier alpha value is -1.10. The van der Waals surface area contributed by atoms with Crippen LogP contribution in [0.25, 0.3) is 0 Å². The quantitative estimate of drug-likeness (QED) is 0.786. The van der Waals surface area contributed by atoms with Crippen molar-refractivity contribution in [1.82, 2.24) is 10.2 Å². The summed E-state index contributed by atoms with van der Waals surface area (Å²) in [7, 11) is 0. The topological polar surface area (TPSA) is 69.6 Å². The highest BCUT2D eigenvalue weighted by molar-refractivity contribution is 5.91. The average Bonchev–Trinajstić information content (AvgIpc) is 3.24. The highest BCUT2D eigenvalue weighted by Crippen LogP contribution is 2.58. The van der Waals surface area contributed by atoms with Crippen molar-refractivity contribution in [3.63, 3.8) is 0 Å². The zero-order valence-corrected chi connectivity index (χ0v) is 12.3. The molecule has 2 N–H and O–H groups in total. The Balaban J connectivity index is 1.45. The van der Waals surface area contributed by atoms with Crippen molar-refractivity contribution in [2.45, 2.75) is 39.2 Å². The van der Waals surface area contributed by atoms with Crippen LogP contribution in [0.3, 0.4) is 0 Å². The summed E-state index contributed by atoms with van der Waals surface area (Å²) in [6, 6.07) is 0.800. The Bertz CT molecular complexity index is 431. The minimum absolute atomic E-state index is 0.0766. The SMILES string of the molecule is CC1(C)C(C(=O)O)C1C(=O)NCC1CCN(C2CC2)C1. The lowest BCUT2D eigenvalue weighted by Crippen LogP contribution is -2.33. The molecule has 3 rings (SSSR count). The summed E-state index contributed by atoms with van der Waals surface area (Å²) in [6.07, 6.45) is 3.80. The molecule has 3 aliphatic rings. The van der Waals surface area contributed by atoms with Crippen molar-refractivity contribution >= 4 is 11.9 Å². The Morgan fingerprint density at radius 3 is 2.50 bits per heavy atom. The monoisotopic (exact) mass is 280 g/mol. The molecule has 20 heavy (non-hydrogen) atoms. The average molecular weight is 280 g/mol. The van der Waals surface area contributed by atoms with Crippen molar-refractivity contribution in [3.05, 3.63) is 0 Å². The fourth-order valence-corrected chi connectivity index (χ4v) is 3.74. The number of rotatable bonds is 5. The van der Waals surface area contributed by atoms with E-state index in [2.05, 4.69) is 10.2 Å². The first-order valence-corrected chi connectivity index (χ1v) is 7.66. The molecule has 5 nitrogen and oxygen atoms in total. The second kappa shape index (κ2) is 4.72. The van der Waals surface area contributed by atoms with E-state index in [4.69, 9.17) is 5.11 Å². The van der Waals surface area contributed by atoms with Gasteiger partial charge >= 0.3 is 5.97 Å². The summed E-state index contributed by atoms with van der Waals surface area (Å²) >= 11 is 0. The second-order valence-corrected chi connectivity index (χ2v) is 7.24. The van der Waals surface area contributed by atoms with Gasteiger partial charge in [-0.2, -0.15) is 0 Å². The van der Waals surface area contributed by atoms with Gasteiger partial charge in [0.1, 0.15) is 0 Å². The molecule has 112 valence electrons. The number of hydrogen-bond acceptors (Lipinski definition) is 3. The molecule has 3 unspecified atom stereocenters. The summed E-state index contributed by atoms with van der Waals surface area (Å²) < 4.78 is 0. The molecule has 5 heteroatoms. The van der Waals surface area contributed by atoms with Gasteiger partial charge in [-0.15, -0.1) is 0 Å². The van der Waals surface area contributed by atoms with Crippen molar-refractivity contribution in [2.75, 3.05) is 19.6 Å². The highest BCUT2D eigenvalue weighted by atomic mass is 16.4. The molecular formula is C15H24N2O3. The van der Waals surface area contributed by atoms with E-state index in [0.29, 0.717) is 12.5 Å². The van der Waals surface area contributed by atoms with E-state index in [0.717, 1.165) is 25.6 Å². The van der Waals surface area contributed by atoms with Crippen molar-refractivity contribution in [2.24, 2.45) is 23.2 Å². The van der Waals surface area contributed by atoms with Gasteiger partial charge in [0.2, 0.25) is 5.91 Å². The molecule has 0 bridgehead atoms. The largest absolute Gasteiger partial charge is 0.481 e. The standard InChI is InChI=1S/C15H24N2O3/c1-15(2)11(12(15)14(19)20)13(18)16-7-9-5-6-17(8-9)10-3-4-10/h9-12H,3-8H2,1-2H3,(H,16,18)(H,19,20). The zero-order valence-electron chi connectivity index (χ0n) is 12.3. The minimum atomic E-state index is -0.851. The molecule has 3 fully saturated rings. The van der Waals surface area contributed by atoms with E-state index in [1.807, 2.05) is 13.8 Å². The first-order chi connectivity index (χ1) is 9.41. The molecule has 2 saturated carbocycles. The minimum Gasteiger partial charge on any atom is -0.481 e. The second-order valence-electron chi connectivity index (χ2n) is 7.24. The Morgan fingerprint density at radius 2 is 1.95 bits per heavy atom. The molecular weight excluding hydrogens is 256 g/mol. The molecule has 1 saturated heterocycles. The molecule has 0 aromatic heterocycles. The number of carboxylic acid groups (broad SMARTS) is 1.